The number of thiazole rings is 1. The molecule has 2 aliphatic rings. The van der Waals surface area contributed by atoms with Crippen LogP contribution >= 0.6 is 11.3 Å². The zero-order valence-corrected chi connectivity index (χ0v) is 16.4. The Morgan fingerprint density at radius 1 is 1.07 bits per heavy atom. The third-order valence-electron chi connectivity index (χ3n) is 4.88. The maximum atomic E-state index is 13.3. The van der Waals surface area contributed by atoms with Crippen molar-refractivity contribution in [3.63, 3.8) is 0 Å². The molecular formula is C22H16N2O4S. The van der Waals surface area contributed by atoms with E-state index in [1.165, 1.54) is 16.2 Å². The summed E-state index contributed by atoms with van der Waals surface area (Å²) in [5.41, 5.74) is 3.11. The summed E-state index contributed by atoms with van der Waals surface area (Å²) in [6.45, 7) is 2.24. The second kappa shape index (κ2) is 6.86. The van der Waals surface area contributed by atoms with Crippen LogP contribution in [0.2, 0.25) is 0 Å². The standard InChI is InChI=1S/C22H16N2O4S/c1-13-23-15(11-29-13)9-18-16-4-2-3-5-17(16)21(25)24(22(18)26)10-14-6-7-19-20(8-14)28-12-27-19/h2-9,11H,10,12H2,1H3. The molecule has 0 unspecified atom stereocenters. The van der Waals surface area contributed by atoms with E-state index in [-0.39, 0.29) is 25.2 Å². The molecule has 2 amide bonds. The molecular weight excluding hydrogens is 388 g/mol. The quantitative estimate of drug-likeness (QED) is 0.489. The number of benzene rings is 2. The van der Waals surface area contributed by atoms with Crippen molar-refractivity contribution in [1.82, 2.24) is 9.88 Å². The highest BCUT2D eigenvalue weighted by Crippen LogP contribution is 2.35. The largest absolute Gasteiger partial charge is 0.454 e. The first kappa shape index (κ1) is 17.6. The highest BCUT2D eigenvalue weighted by atomic mass is 32.1. The van der Waals surface area contributed by atoms with Crippen LogP contribution in [-0.4, -0.2) is 28.5 Å². The lowest BCUT2D eigenvalue weighted by Gasteiger charge is -2.28. The molecule has 5 rings (SSSR count). The number of imide groups is 1. The molecule has 0 bridgehead atoms. The molecule has 144 valence electrons. The third-order valence-corrected chi connectivity index (χ3v) is 5.67. The van der Waals surface area contributed by atoms with Gasteiger partial charge in [-0.2, -0.15) is 0 Å². The first-order valence-electron chi connectivity index (χ1n) is 9.08. The third kappa shape index (κ3) is 3.09. The van der Waals surface area contributed by atoms with Crippen molar-refractivity contribution in [3.8, 4) is 11.5 Å². The van der Waals surface area contributed by atoms with E-state index in [2.05, 4.69) is 4.98 Å². The van der Waals surface area contributed by atoms with Crippen molar-refractivity contribution in [2.75, 3.05) is 6.79 Å². The number of carbonyl (C=O) groups is 2. The molecule has 2 aromatic carbocycles. The van der Waals surface area contributed by atoms with Gasteiger partial charge >= 0.3 is 0 Å². The minimum atomic E-state index is -0.336. The van der Waals surface area contributed by atoms with Gasteiger partial charge in [-0.1, -0.05) is 24.3 Å². The number of aromatic nitrogens is 1. The number of fused-ring (bicyclic) bond motifs is 2. The summed E-state index contributed by atoms with van der Waals surface area (Å²) in [6.07, 6.45) is 1.75. The molecule has 3 aromatic rings. The van der Waals surface area contributed by atoms with E-state index in [1.807, 2.05) is 24.4 Å². The van der Waals surface area contributed by atoms with Gasteiger partial charge in [-0.25, -0.2) is 4.98 Å². The summed E-state index contributed by atoms with van der Waals surface area (Å²) in [7, 11) is 0. The molecule has 2 aliphatic heterocycles. The first-order valence-corrected chi connectivity index (χ1v) is 9.96. The van der Waals surface area contributed by atoms with Gasteiger partial charge < -0.3 is 9.47 Å². The van der Waals surface area contributed by atoms with Gasteiger partial charge in [-0.05, 0) is 36.8 Å². The fourth-order valence-corrected chi connectivity index (χ4v) is 4.07. The van der Waals surface area contributed by atoms with Gasteiger partial charge in [0.2, 0.25) is 6.79 Å². The molecule has 6 nitrogen and oxygen atoms in total. The number of ether oxygens (including phenoxy) is 2. The van der Waals surface area contributed by atoms with E-state index in [0.29, 0.717) is 33.9 Å². The number of nitrogens with zero attached hydrogens (tertiary/aromatic N) is 2. The van der Waals surface area contributed by atoms with Gasteiger partial charge in [0.05, 0.1) is 22.8 Å². The normalized spacial score (nSPS) is 16.4. The van der Waals surface area contributed by atoms with E-state index in [0.717, 1.165) is 10.6 Å². The SMILES string of the molecule is Cc1nc(C=C2C(=O)N(Cc3ccc4c(c3)OCO4)C(=O)c3ccccc32)cs1. The van der Waals surface area contributed by atoms with Gasteiger partial charge in [-0.3, -0.25) is 14.5 Å². The molecule has 3 heterocycles. The highest BCUT2D eigenvalue weighted by Gasteiger charge is 2.35. The Morgan fingerprint density at radius 3 is 2.66 bits per heavy atom. The fourth-order valence-electron chi connectivity index (χ4n) is 3.50. The lowest BCUT2D eigenvalue weighted by atomic mass is 9.92. The predicted octanol–water partition coefficient (Wildman–Crippen LogP) is 3.90. The Morgan fingerprint density at radius 2 is 1.86 bits per heavy atom. The summed E-state index contributed by atoms with van der Waals surface area (Å²) in [6, 6.07) is 12.6. The zero-order valence-electron chi connectivity index (χ0n) is 15.5. The summed E-state index contributed by atoms with van der Waals surface area (Å²) in [4.78, 5) is 32.1. The lowest BCUT2D eigenvalue weighted by Crippen LogP contribution is -2.41. The molecule has 1 aromatic heterocycles. The van der Waals surface area contributed by atoms with Gasteiger partial charge in [0, 0.05) is 16.5 Å². The average molecular weight is 404 g/mol. The summed E-state index contributed by atoms with van der Waals surface area (Å²) >= 11 is 1.52. The van der Waals surface area contributed by atoms with Gasteiger partial charge in [-0.15, -0.1) is 11.3 Å². The first-order chi connectivity index (χ1) is 14.1. The van der Waals surface area contributed by atoms with Gasteiger partial charge in [0.25, 0.3) is 11.8 Å². The topological polar surface area (TPSA) is 68.7 Å². The Labute approximate surface area is 171 Å². The van der Waals surface area contributed by atoms with E-state index >= 15 is 0 Å². The van der Waals surface area contributed by atoms with Gasteiger partial charge in [0.1, 0.15) is 0 Å². The molecule has 0 aliphatic carbocycles. The molecule has 0 saturated carbocycles. The van der Waals surface area contributed by atoms with Crippen LogP contribution in [0.5, 0.6) is 11.5 Å². The van der Waals surface area contributed by atoms with Crippen molar-refractivity contribution in [1.29, 1.82) is 0 Å². The molecule has 7 heteroatoms. The molecule has 0 fully saturated rings. The molecule has 0 radical (unpaired) electrons. The number of hydrogen-bond donors (Lipinski definition) is 0. The number of hydrogen-bond acceptors (Lipinski definition) is 6. The highest BCUT2D eigenvalue weighted by molar-refractivity contribution is 7.09. The van der Waals surface area contributed by atoms with Crippen LogP contribution in [0.25, 0.3) is 11.6 Å². The second-order valence-corrected chi connectivity index (χ2v) is 7.84. The monoisotopic (exact) mass is 404 g/mol. The minimum Gasteiger partial charge on any atom is -0.454 e. The maximum Gasteiger partial charge on any atom is 0.261 e. The van der Waals surface area contributed by atoms with E-state index in [1.54, 1.807) is 36.4 Å². The number of rotatable bonds is 3. The van der Waals surface area contributed by atoms with Crippen LogP contribution in [0.3, 0.4) is 0 Å². The van der Waals surface area contributed by atoms with Crippen LogP contribution in [0, 0.1) is 6.92 Å². The Balaban J connectivity index is 1.55. The van der Waals surface area contributed by atoms with E-state index in [4.69, 9.17) is 9.47 Å². The van der Waals surface area contributed by atoms with Crippen LogP contribution in [-0.2, 0) is 11.3 Å². The van der Waals surface area contributed by atoms with Crippen LogP contribution in [0.15, 0.2) is 47.8 Å². The number of amides is 2. The Hall–Kier alpha value is -3.45. The fraction of sp³-hybridized carbons (Fsp3) is 0.136. The average Bonchev–Trinajstić information content (AvgIpc) is 3.36. The zero-order chi connectivity index (χ0) is 20.0. The minimum absolute atomic E-state index is 0.149. The van der Waals surface area contributed by atoms with Crippen molar-refractivity contribution in [2.45, 2.75) is 13.5 Å². The van der Waals surface area contributed by atoms with Crippen molar-refractivity contribution < 1.29 is 19.1 Å². The van der Waals surface area contributed by atoms with Crippen molar-refractivity contribution in [2.24, 2.45) is 0 Å². The molecule has 0 N–H and O–H groups in total. The van der Waals surface area contributed by atoms with Crippen molar-refractivity contribution >= 4 is 34.8 Å². The summed E-state index contributed by atoms with van der Waals surface area (Å²) < 4.78 is 10.7. The second-order valence-electron chi connectivity index (χ2n) is 6.78. The molecule has 0 spiro atoms. The van der Waals surface area contributed by atoms with Crippen LogP contribution < -0.4 is 9.47 Å². The maximum absolute atomic E-state index is 13.3. The lowest BCUT2D eigenvalue weighted by molar-refractivity contribution is -0.123. The summed E-state index contributed by atoms with van der Waals surface area (Å²) in [5.74, 6) is 0.635. The summed E-state index contributed by atoms with van der Waals surface area (Å²) in [5, 5.41) is 2.82. The van der Waals surface area contributed by atoms with Crippen LogP contribution in [0.4, 0.5) is 0 Å². The smallest absolute Gasteiger partial charge is 0.261 e. The molecule has 29 heavy (non-hydrogen) atoms. The Kier molecular flexibility index (Phi) is 4.17. The molecule has 0 atom stereocenters. The molecule has 0 saturated heterocycles. The number of aryl methyl sites for hydroxylation is 1. The van der Waals surface area contributed by atoms with Crippen molar-refractivity contribution in [3.05, 3.63) is 75.2 Å². The predicted molar refractivity (Wildman–Crippen MR) is 109 cm³/mol. The van der Waals surface area contributed by atoms with E-state index < -0.39 is 0 Å². The van der Waals surface area contributed by atoms with E-state index in [9.17, 15) is 9.59 Å². The Bertz CT molecular complexity index is 1180. The number of carbonyl (C=O) groups excluding carboxylic acids is 2. The van der Waals surface area contributed by atoms with Crippen LogP contribution in [0.1, 0.15) is 32.2 Å². The van der Waals surface area contributed by atoms with Gasteiger partial charge in [0.15, 0.2) is 11.5 Å².